The smallest absolute Gasteiger partial charge is 0.344 e. The fourth-order valence-electron chi connectivity index (χ4n) is 4.96. The third-order valence-corrected chi connectivity index (χ3v) is 6.87. The molecule has 0 aliphatic rings. The van der Waals surface area contributed by atoms with Crippen molar-refractivity contribution in [1.29, 1.82) is 0 Å². The maximum Gasteiger partial charge on any atom is 0.344 e. The minimum absolute atomic E-state index is 0.0391. The van der Waals surface area contributed by atoms with Crippen LogP contribution in [0.25, 0.3) is 21.9 Å². The summed E-state index contributed by atoms with van der Waals surface area (Å²) in [6.45, 7) is 0.0391. The average molecular weight is 550 g/mol. The Morgan fingerprint density at radius 3 is 1.93 bits per heavy atom. The van der Waals surface area contributed by atoms with Gasteiger partial charge in [-0.25, -0.2) is 14.6 Å². The second-order valence-corrected chi connectivity index (χ2v) is 9.26. The van der Waals surface area contributed by atoms with Crippen molar-refractivity contribution in [2.75, 3.05) is 7.11 Å². The van der Waals surface area contributed by atoms with Crippen LogP contribution in [0.1, 0.15) is 28.2 Å². The first kappa shape index (κ1) is 25.7. The molecule has 0 atom stereocenters. The van der Waals surface area contributed by atoms with E-state index >= 15 is 0 Å². The Morgan fingerprint density at radius 1 is 0.780 bits per heavy atom. The molecule has 0 saturated heterocycles. The van der Waals surface area contributed by atoms with Crippen molar-refractivity contribution in [1.82, 2.24) is 4.98 Å². The van der Waals surface area contributed by atoms with E-state index in [0.29, 0.717) is 22.8 Å². The van der Waals surface area contributed by atoms with Crippen LogP contribution in [0.15, 0.2) is 110 Å². The Bertz CT molecular complexity index is 1910. The van der Waals surface area contributed by atoms with Gasteiger partial charge in [0.15, 0.2) is 0 Å². The Morgan fingerprint density at radius 2 is 1.37 bits per heavy atom. The standard InChI is InChI=1S/C32H23NO8/c1-38-22-14-13-18(16-19(22)17-39-25-12-6-7-15-33-25)26(27-29(34)20-8-2-4-10-23(20)40-31(27)36)28-30(35)21-9-3-5-11-24(21)41-32(28)37/h2-16,26,34-35H,17H2,1H3. The molecule has 6 rings (SSSR count). The maximum atomic E-state index is 13.4. The highest BCUT2D eigenvalue weighted by Gasteiger charge is 2.33. The van der Waals surface area contributed by atoms with E-state index in [-0.39, 0.29) is 51.2 Å². The number of fused-ring (bicyclic) bond motifs is 2. The Balaban J connectivity index is 1.61. The molecule has 3 heterocycles. The molecule has 0 aliphatic heterocycles. The maximum absolute atomic E-state index is 13.4. The first-order chi connectivity index (χ1) is 20.0. The molecule has 6 aromatic rings. The molecule has 0 spiro atoms. The summed E-state index contributed by atoms with van der Waals surface area (Å²) in [7, 11) is 1.50. The van der Waals surface area contributed by atoms with Gasteiger partial charge in [0.25, 0.3) is 0 Å². The summed E-state index contributed by atoms with van der Waals surface area (Å²) in [5, 5.41) is 23.4. The lowest BCUT2D eigenvalue weighted by Gasteiger charge is -2.21. The normalized spacial score (nSPS) is 11.3. The van der Waals surface area contributed by atoms with E-state index in [1.807, 2.05) is 0 Å². The molecule has 3 aromatic heterocycles. The number of aromatic nitrogens is 1. The topological polar surface area (TPSA) is 132 Å². The minimum atomic E-state index is -1.28. The van der Waals surface area contributed by atoms with Crippen LogP contribution < -0.4 is 20.7 Å². The summed E-state index contributed by atoms with van der Waals surface area (Å²) in [5.41, 5.74) is -0.929. The van der Waals surface area contributed by atoms with E-state index in [1.165, 1.54) is 7.11 Å². The van der Waals surface area contributed by atoms with Gasteiger partial charge < -0.3 is 28.5 Å². The van der Waals surface area contributed by atoms with Gasteiger partial charge in [0.05, 0.1) is 34.9 Å². The Kier molecular flexibility index (Phi) is 6.60. The summed E-state index contributed by atoms with van der Waals surface area (Å²) in [4.78, 5) is 31.1. The van der Waals surface area contributed by atoms with Gasteiger partial charge in [-0.1, -0.05) is 36.4 Å². The van der Waals surface area contributed by atoms with Crippen LogP contribution in [-0.4, -0.2) is 22.3 Å². The molecule has 0 aliphatic carbocycles. The molecular formula is C32H23NO8. The Hall–Kier alpha value is -5.57. The lowest BCUT2D eigenvalue weighted by Crippen LogP contribution is -2.21. The second-order valence-electron chi connectivity index (χ2n) is 9.26. The molecule has 9 heteroatoms. The highest BCUT2D eigenvalue weighted by atomic mass is 16.5. The number of hydrogen-bond donors (Lipinski definition) is 2. The second kappa shape index (κ2) is 10.5. The van der Waals surface area contributed by atoms with Gasteiger partial charge in [0.1, 0.15) is 35.0 Å². The van der Waals surface area contributed by atoms with Gasteiger partial charge in [-0.3, -0.25) is 0 Å². The van der Waals surface area contributed by atoms with E-state index in [4.69, 9.17) is 18.3 Å². The van der Waals surface area contributed by atoms with Crippen LogP contribution in [0.5, 0.6) is 23.1 Å². The van der Waals surface area contributed by atoms with Crippen molar-refractivity contribution >= 4 is 21.9 Å². The quantitative estimate of drug-likeness (QED) is 0.249. The van der Waals surface area contributed by atoms with Crippen LogP contribution in [0.2, 0.25) is 0 Å². The summed E-state index contributed by atoms with van der Waals surface area (Å²) in [6, 6.07) is 23.2. The monoisotopic (exact) mass is 549 g/mol. The van der Waals surface area contributed by atoms with Crippen LogP contribution in [0, 0.1) is 0 Å². The molecule has 41 heavy (non-hydrogen) atoms. The molecule has 0 unspecified atom stereocenters. The van der Waals surface area contributed by atoms with Gasteiger partial charge in [-0.2, -0.15) is 0 Å². The third-order valence-electron chi connectivity index (χ3n) is 6.87. The number of hydrogen-bond acceptors (Lipinski definition) is 9. The van der Waals surface area contributed by atoms with Crippen molar-refractivity contribution in [2.45, 2.75) is 12.5 Å². The van der Waals surface area contributed by atoms with E-state index in [2.05, 4.69) is 4.98 Å². The van der Waals surface area contributed by atoms with Gasteiger partial charge in [0, 0.05) is 17.8 Å². The van der Waals surface area contributed by atoms with Gasteiger partial charge in [-0.15, -0.1) is 0 Å². The number of aromatic hydroxyl groups is 2. The number of benzene rings is 3. The largest absolute Gasteiger partial charge is 0.507 e. The molecule has 204 valence electrons. The first-order valence-corrected chi connectivity index (χ1v) is 12.7. The van der Waals surface area contributed by atoms with E-state index < -0.39 is 17.2 Å². The molecule has 3 aromatic carbocycles. The summed E-state index contributed by atoms with van der Waals surface area (Å²) in [6.07, 6.45) is 1.60. The van der Waals surface area contributed by atoms with Gasteiger partial charge in [0.2, 0.25) is 5.88 Å². The van der Waals surface area contributed by atoms with Crippen LogP contribution >= 0.6 is 0 Å². The summed E-state index contributed by atoms with van der Waals surface area (Å²) in [5.74, 6) is -1.17. The fraction of sp³-hybridized carbons (Fsp3) is 0.0938. The summed E-state index contributed by atoms with van der Waals surface area (Å²) < 4.78 is 22.5. The number of para-hydroxylation sites is 2. The number of ether oxygens (including phenoxy) is 2. The Labute approximate surface area is 232 Å². The van der Waals surface area contributed by atoms with Gasteiger partial charge >= 0.3 is 11.3 Å². The molecular weight excluding hydrogens is 526 g/mol. The van der Waals surface area contributed by atoms with Crippen molar-refractivity contribution in [2.24, 2.45) is 0 Å². The van der Waals surface area contributed by atoms with Crippen molar-refractivity contribution < 1.29 is 28.5 Å². The molecule has 0 radical (unpaired) electrons. The van der Waals surface area contributed by atoms with Crippen LogP contribution in [0.3, 0.4) is 0 Å². The molecule has 0 saturated carbocycles. The first-order valence-electron chi connectivity index (χ1n) is 12.7. The van der Waals surface area contributed by atoms with E-state index in [1.54, 1.807) is 91.1 Å². The van der Waals surface area contributed by atoms with Crippen LogP contribution in [-0.2, 0) is 6.61 Å². The lowest BCUT2D eigenvalue weighted by atomic mass is 9.84. The van der Waals surface area contributed by atoms with Crippen molar-refractivity contribution in [3.05, 3.63) is 134 Å². The number of rotatable bonds is 7. The summed E-state index contributed by atoms with van der Waals surface area (Å²) >= 11 is 0. The average Bonchev–Trinajstić information content (AvgIpc) is 2.99. The molecule has 0 bridgehead atoms. The third kappa shape index (κ3) is 4.63. The molecule has 0 fully saturated rings. The SMILES string of the molecule is COc1ccc(C(c2c(O)c3ccccc3oc2=O)c2c(O)c3ccccc3oc2=O)cc1COc1ccccn1. The minimum Gasteiger partial charge on any atom is -0.507 e. The predicted octanol–water partition coefficient (Wildman–Crippen LogP) is 5.47. The molecule has 2 N–H and O–H groups in total. The van der Waals surface area contributed by atoms with Crippen LogP contribution in [0.4, 0.5) is 0 Å². The highest BCUT2D eigenvalue weighted by Crippen LogP contribution is 2.42. The lowest BCUT2D eigenvalue weighted by molar-refractivity contribution is 0.285. The highest BCUT2D eigenvalue weighted by molar-refractivity contribution is 5.87. The predicted molar refractivity (Wildman–Crippen MR) is 151 cm³/mol. The van der Waals surface area contributed by atoms with E-state index in [0.717, 1.165) is 0 Å². The zero-order valence-electron chi connectivity index (χ0n) is 21.7. The molecule has 9 nitrogen and oxygen atoms in total. The van der Waals surface area contributed by atoms with E-state index in [9.17, 15) is 19.8 Å². The number of nitrogens with zero attached hydrogens (tertiary/aromatic N) is 1. The molecule has 0 amide bonds. The van der Waals surface area contributed by atoms with Crippen molar-refractivity contribution in [3.63, 3.8) is 0 Å². The number of pyridine rings is 1. The zero-order valence-corrected chi connectivity index (χ0v) is 21.7. The number of methoxy groups -OCH3 is 1. The zero-order chi connectivity index (χ0) is 28.5. The fourth-order valence-corrected chi connectivity index (χ4v) is 4.96. The van der Waals surface area contributed by atoms with Gasteiger partial charge in [-0.05, 0) is 48.0 Å². The van der Waals surface area contributed by atoms with Crippen molar-refractivity contribution in [3.8, 4) is 23.1 Å².